The molecule has 6 nitrogen and oxygen atoms in total. The van der Waals surface area contributed by atoms with Crippen molar-refractivity contribution >= 4 is 29.2 Å². The van der Waals surface area contributed by atoms with Crippen LogP contribution in [0.5, 0.6) is 0 Å². The number of nitrogens with one attached hydrogen (secondary N) is 1. The van der Waals surface area contributed by atoms with Gasteiger partial charge in [-0.15, -0.1) is 0 Å². The Hall–Kier alpha value is -2.34. The van der Waals surface area contributed by atoms with Crippen molar-refractivity contribution in [2.75, 3.05) is 18.4 Å². The van der Waals surface area contributed by atoms with E-state index in [1.165, 1.54) is 0 Å². The average Bonchev–Trinajstić information content (AvgIpc) is 3.38. The molecule has 2 amide bonds. The number of hydrogen-bond donors (Lipinski definition) is 1. The highest BCUT2D eigenvalue weighted by Gasteiger charge is 2.45. The van der Waals surface area contributed by atoms with Crippen LogP contribution in [0.1, 0.15) is 49.8 Å². The first-order chi connectivity index (χ1) is 14.0. The van der Waals surface area contributed by atoms with Gasteiger partial charge in [-0.2, -0.15) is 0 Å². The first-order valence-corrected chi connectivity index (χ1v) is 10.7. The lowest BCUT2D eigenvalue weighted by Crippen LogP contribution is -2.49. The van der Waals surface area contributed by atoms with Crippen molar-refractivity contribution in [3.8, 4) is 0 Å². The number of amides is 2. The topological polar surface area (TPSA) is 75.4 Å². The summed E-state index contributed by atoms with van der Waals surface area (Å²) < 4.78 is 4.99. The molecule has 1 aromatic heterocycles. The lowest BCUT2D eigenvalue weighted by atomic mass is 9.77. The highest BCUT2D eigenvalue weighted by atomic mass is 35.5. The Bertz CT molecular complexity index is 879. The van der Waals surface area contributed by atoms with Crippen molar-refractivity contribution in [1.82, 2.24) is 10.1 Å². The molecule has 0 bridgehead atoms. The Morgan fingerprint density at radius 1 is 1.17 bits per heavy atom. The summed E-state index contributed by atoms with van der Waals surface area (Å²) in [7, 11) is 0. The van der Waals surface area contributed by atoms with Crippen LogP contribution in [0.3, 0.4) is 0 Å². The molecule has 0 radical (unpaired) electrons. The molecule has 0 atom stereocenters. The van der Waals surface area contributed by atoms with Crippen LogP contribution in [0.25, 0.3) is 0 Å². The fraction of sp³-hybridized carbons (Fsp3) is 0.500. The van der Waals surface area contributed by atoms with E-state index in [0.29, 0.717) is 42.5 Å². The van der Waals surface area contributed by atoms with E-state index in [1.807, 2.05) is 29.2 Å². The zero-order chi connectivity index (χ0) is 20.4. The van der Waals surface area contributed by atoms with Crippen LogP contribution in [-0.2, 0) is 15.0 Å². The van der Waals surface area contributed by atoms with E-state index < -0.39 is 5.41 Å². The Morgan fingerprint density at radius 3 is 2.41 bits per heavy atom. The summed E-state index contributed by atoms with van der Waals surface area (Å²) in [6, 6.07) is 9.42. The van der Waals surface area contributed by atoms with E-state index in [0.717, 1.165) is 31.2 Å². The van der Waals surface area contributed by atoms with Crippen LogP contribution in [0.15, 0.2) is 34.9 Å². The van der Waals surface area contributed by atoms with Crippen molar-refractivity contribution < 1.29 is 14.1 Å². The van der Waals surface area contributed by atoms with Crippen molar-refractivity contribution in [2.24, 2.45) is 5.92 Å². The highest BCUT2D eigenvalue weighted by molar-refractivity contribution is 6.30. The smallest absolute Gasteiger partial charge is 0.233 e. The number of rotatable bonds is 4. The number of carbonyl (C=O) groups excluding carboxylic acids is 2. The van der Waals surface area contributed by atoms with Crippen molar-refractivity contribution in [1.29, 1.82) is 0 Å². The lowest BCUT2D eigenvalue weighted by molar-refractivity contribution is -0.140. The van der Waals surface area contributed by atoms with Gasteiger partial charge in [0.25, 0.3) is 0 Å². The van der Waals surface area contributed by atoms with Gasteiger partial charge in [-0.05, 0) is 50.3 Å². The van der Waals surface area contributed by atoms with Gasteiger partial charge in [0.05, 0.1) is 5.41 Å². The average molecular weight is 416 g/mol. The van der Waals surface area contributed by atoms with E-state index in [-0.39, 0.29) is 17.7 Å². The summed E-state index contributed by atoms with van der Waals surface area (Å²) in [5.41, 5.74) is 0.614. The van der Waals surface area contributed by atoms with Crippen molar-refractivity contribution in [3.63, 3.8) is 0 Å². The van der Waals surface area contributed by atoms with Gasteiger partial charge in [0.15, 0.2) is 5.82 Å². The summed E-state index contributed by atoms with van der Waals surface area (Å²) >= 11 is 6.05. The van der Waals surface area contributed by atoms with Gasteiger partial charge in [0, 0.05) is 30.1 Å². The zero-order valence-corrected chi connectivity index (χ0v) is 17.4. The number of aryl methyl sites for hydroxylation is 1. The first kappa shape index (κ1) is 20.0. The second-order valence-electron chi connectivity index (χ2n) is 8.17. The van der Waals surface area contributed by atoms with Crippen molar-refractivity contribution in [3.05, 3.63) is 46.7 Å². The van der Waals surface area contributed by atoms with E-state index in [4.69, 9.17) is 16.1 Å². The molecule has 2 heterocycles. The quantitative estimate of drug-likeness (QED) is 0.806. The summed E-state index contributed by atoms with van der Waals surface area (Å²) in [5, 5.41) is 7.31. The molecule has 2 aromatic rings. The molecule has 1 N–H and O–H groups in total. The van der Waals surface area contributed by atoms with Crippen LogP contribution in [0, 0.1) is 12.8 Å². The number of carbonyl (C=O) groups is 2. The number of nitrogens with zero attached hydrogens (tertiary/aromatic N) is 2. The molecule has 1 saturated heterocycles. The van der Waals surface area contributed by atoms with Gasteiger partial charge in [-0.1, -0.05) is 41.7 Å². The molecule has 1 saturated carbocycles. The highest BCUT2D eigenvalue weighted by Crippen LogP contribution is 2.43. The van der Waals surface area contributed by atoms with Gasteiger partial charge in [-0.3, -0.25) is 9.59 Å². The maximum Gasteiger partial charge on any atom is 0.233 e. The third kappa shape index (κ3) is 4.04. The van der Waals surface area contributed by atoms with E-state index >= 15 is 0 Å². The van der Waals surface area contributed by atoms with Crippen LogP contribution in [0.4, 0.5) is 5.82 Å². The van der Waals surface area contributed by atoms with Gasteiger partial charge in [0.2, 0.25) is 11.8 Å². The molecule has 0 spiro atoms. The molecule has 1 aromatic carbocycles. The van der Waals surface area contributed by atoms with E-state index in [9.17, 15) is 9.59 Å². The molecule has 1 aliphatic carbocycles. The number of halogens is 1. The van der Waals surface area contributed by atoms with Gasteiger partial charge >= 0.3 is 0 Å². The number of likely N-dealkylation sites (tertiary alicyclic amines) is 1. The maximum atomic E-state index is 13.5. The Balaban J connectivity index is 1.41. The molecule has 4 rings (SSSR count). The molecular formula is C22H26ClN3O3. The second-order valence-corrected chi connectivity index (χ2v) is 8.61. The molecule has 29 heavy (non-hydrogen) atoms. The summed E-state index contributed by atoms with van der Waals surface area (Å²) in [4.78, 5) is 28.0. The largest absolute Gasteiger partial charge is 0.360 e. The van der Waals surface area contributed by atoms with Crippen LogP contribution >= 0.6 is 11.6 Å². The van der Waals surface area contributed by atoms with Gasteiger partial charge < -0.3 is 14.7 Å². The van der Waals surface area contributed by atoms with Crippen molar-refractivity contribution in [2.45, 2.75) is 50.9 Å². The number of benzene rings is 1. The standard InChI is InChI=1S/C22H26ClN3O3/c1-15-14-19(25-29-15)24-20(27)16-8-12-26(13-9-16)21(28)22(10-2-3-11-22)17-4-6-18(23)7-5-17/h4-7,14,16H,2-3,8-13H2,1H3,(H,24,25,27). The first-order valence-electron chi connectivity index (χ1n) is 10.3. The summed E-state index contributed by atoms with van der Waals surface area (Å²) in [6.45, 7) is 2.99. The van der Waals surface area contributed by atoms with E-state index in [1.54, 1.807) is 13.0 Å². The number of hydrogen-bond acceptors (Lipinski definition) is 4. The normalized spacial score (nSPS) is 19.3. The minimum atomic E-state index is -0.447. The second kappa shape index (κ2) is 8.19. The molecular weight excluding hydrogens is 390 g/mol. The molecule has 2 fully saturated rings. The Kier molecular flexibility index (Phi) is 5.63. The lowest BCUT2D eigenvalue weighted by Gasteiger charge is -2.38. The minimum absolute atomic E-state index is 0.0568. The minimum Gasteiger partial charge on any atom is -0.360 e. The Labute approximate surface area is 175 Å². The monoisotopic (exact) mass is 415 g/mol. The third-order valence-corrected chi connectivity index (χ3v) is 6.55. The molecule has 7 heteroatoms. The fourth-order valence-corrected chi connectivity index (χ4v) is 4.80. The maximum absolute atomic E-state index is 13.5. The fourth-order valence-electron chi connectivity index (χ4n) is 4.67. The molecule has 0 unspecified atom stereocenters. The molecule has 2 aliphatic rings. The molecule has 154 valence electrons. The number of piperidine rings is 1. The molecule has 1 aliphatic heterocycles. The summed E-state index contributed by atoms with van der Waals surface area (Å²) in [5.74, 6) is 1.12. The van der Waals surface area contributed by atoms with Crippen LogP contribution in [0.2, 0.25) is 5.02 Å². The number of anilines is 1. The van der Waals surface area contributed by atoms with E-state index in [2.05, 4.69) is 10.5 Å². The predicted molar refractivity (Wildman–Crippen MR) is 111 cm³/mol. The summed E-state index contributed by atoms with van der Waals surface area (Å²) in [6.07, 6.45) is 5.18. The SMILES string of the molecule is Cc1cc(NC(=O)C2CCN(C(=O)C3(c4ccc(Cl)cc4)CCCC3)CC2)no1. The Morgan fingerprint density at radius 2 is 1.83 bits per heavy atom. The van der Waals surface area contributed by atoms with Gasteiger partial charge in [-0.25, -0.2) is 0 Å². The van der Waals surface area contributed by atoms with Gasteiger partial charge in [0.1, 0.15) is 5.76 Å². The third-order valence-electron chi connectivity index (χ3n) is 6.30. The zero-order valence-electron chi connectivity index (χ0n) is 16.6. The number of aromatic nitrogens is 1. The predicted octanol–water partition coefficient (Wildman–Crippen LogP) is 4.33. The van der Waals surface area contributed by atoms with Crippen LogP contribution in [-0.4, -0.2) is 35.0 Å². The van der Waals surface area contributed by atoms with Crippen LogP contribution < -0.4 is 5.32 Å².